The molecule has 1 aromatic heterocycles. The molecule has 1 aromatic carbocycles. The van der Waals surface area contributed by atoms with Crippen LogP contribution in [0, 0.1) is 11.6 Å². The van der Waals surface area contributed by atoms with Gasteiger partial charge in [0.1, 0.15) is 6.33 Å². The van der Waals surface area contributed by atoms with Crippen molar-refractivity contribution in [2.75, 3.05) is 0 Å². The predicted octanol–water partition coefficient (Wildman–Crippen LogP) is 2.80. The number of hydrogen-bond acceptors (Lipinski definition) is 2. The second-order valence-electron chi connectivity index (χ2n) is 3.78. The third-order valence-electron chi connectivity index (χ3n) is 2.31. The highest BCUT2D eigenvalue weighted by Crippen LogP contribution is 2.21. The Hall–Kier alpha value is -1.78. The molecule has 0 aliphatic carbocycles. The Morgan fingerprint density at radius 1 is 1.19 bits per heavy atom. The first-order chi connectivity index (χ1) is 7.59. The summed E-state index contributed by atoms with van der Waals surface area (Å²) in [5.41, 5.74) is 0.519. The number of aromatic nitrogens is 3. The maximum absolute atomic E-state index is 13.1. The van der Waals surface area contributed by atoms with Gasteiger partial charge in [0.25, 0.3) is 0 Å². The van der Waals surface area contributed by atoms with Gasteiger partial charge in [-0.2, -0.15) is 0 Å². The molecule has 1 heterocycles. The normalized spacial score (nSPS) is 11.1. The molecule has 2 rings (SSSR count). The van der Waals surface area contributed by atoms with Crippen molar-refractivity contribution in [1.82, 2.24) is 14.8 Å². The lowest BCUT2D eigenvalue weighted by Gasteiger charge is -2.09. The molecule has 3 nitrogen and oxygen atoms in total. The molecular weight excluding hydrogens is 212 g/mol. The molecule has 0 aliphatic heterocycles. The Morgan fingerprint density at radius 2 is 1.94 bits per heavy atom. The van der Waals surface area contributed by atoms with Gasteiger partial charge in [0.15, 0.2) is 17.5 Å². The lowest BCUT2D eigenvalue weighted by molar-refractivity contribution is 0.508. The van der Waals surface area contributed by atoms with E-state index in [-0.39, 0.29) is 6.04 Å². The van der Waals surface area contributed by atoms with Crippen LogP contribution in [-0.4, -0.2) is 14.8 Å². The van der Waals surface area contributed by atoms with Gasteiger partial charge in [-0.15, -0.1) is 10.2 Å². The molecule has 0 saturated carbocycles. The van der Waals surface area contributed by atoms with Crippen LogP contribution in [0.1, 0.15) is 19.9 Å². The summed E-state index contributed by atoms with van der Waals surface area (Å²) in [6, 6.07) is 3.86. The van der Waals surface area contributed by atoms with Crippen LogP contribution in [0.3, 0.4) is 0 Å². The van der Waals surface area contributed by atoms with Crippen LogP contribution in [0.2, 0.25) is 0 Å². The van der Waals surface area contributed by atoms with Crippen molar-refractivity contribution in [1.29, 1.82) is 0 Å². The fourth-order valence-corrected chi connectivity index (χ4v) is 1.46. The van der Waals surface area contributed by atoms with Gasteiger partial charge in [0, 0.05) is 11.6 Å². The van der Waals surface area contributed by atoms with E-state index in [1.54, 1.807) is 10.9 Å². The molecular formula is C11H11F2N3. The van der Waals surface area contributed by atoms with Gasteiger partial charge in [-0.1, -0.05) is 0 Å². The van der Waals surface area contributed by atoms with E-state index in [0.29, 0.717) is 11.4 Å². The largest absolute Gasteiger partial charge is 0.311 e. The van der Waals surface area contributed by atoms with Gasteiger partial charge in [-0.3, -0.25) is 0 Å². The highest BCUT2D eigenvalue weighted by atomic mass is 19.2. The average molecular weight is 223 g/mol. The molecule has 0 radical (unpaired) electrons. The van der Waals surface area contributed by atoms with Crippen LogP contribution >= 0.6 is 0 Å². The summed E-state index contributed by atoms with van der Waals surface area (Å²) in [4.78, 5) is 0. The van der Waals surface area contributed by atoms with E-state index >= 15 is 0 Å². The number of hydrogen-bond donors (Lipinski definition) is 0. The molecule has 16 heavy (non-hydrogen) atoms. The minimum Gasteiger partial charge on any atom is -0.311 e. The lowest BCUT2D eigenvalue weighted by Crippen LogP contribution is -2.02. The smallest absolute Gasteiger partial charge is 0.164 e. The van der Waals surface area contributed by atoms with Crippen LogP contribution < -0.4 is 0 Å². The van der Waals surface area contributed by atoms with Gasteiger partial charge < -0.3 is 4.57 Å². The van der Waals surface area contributed by atoms with Gasteiger partial charge in [0.05, 0.1) is 0 Å². The van der Waals surface area contributed by atoms with Crippen LogP contribution in [-0.2, 0) is 0 Å². The van der Waals surface area contributed by atoms with E-state index in [1.165, 1.54) is 6.07 Å². The molecule has 0 aliphatic rings. The third kappa shape index (κ3) is 1.80. The van der Waals surface area contributed by atoms with Gasteiger partial charge in [-0.05, 0) is 32.0 Å². The topological polar surface area (TPSA) is 30.7 Å². The Labute approximate surface area is 91.7 Å². The number of halogens is 2. The molecule has 0 spiro atoms. The molecule has 0 N–H and O–H groups in total. The zero-order valence-corrected chi connectivity index (χ0v) is 8.98. The summed E-state index contributed by atoms with van der Waals surface area (Å²) in [7, 11) is 0. The highest BCUT2D eigenvalue weighted by Gasteiger charge is 2.11. The van der Waals surface area contributed by atoms with Crippen molar-refractivity contribution >= 4 is 0 Å². The Balaban J connectivity index is 2.50. The summed E-state index contributed by atoms with van der Waals surface area (Å²) >= 11 is 0. The summed E-state index contributed by atoms with van der Waals surface area (Å²) in [6.45, 7) is 3.93. The highest BCUT2D eigenvalue weighted by molar-refractivity contribution is 5.55. The Bertz CT molecular complexity index is 506. The van der Waals surface area contributed by atoms with Gasteiger partial charge in [-0.25, -0.2) is 8.78 Å². The molecule has 5 heteroatoms. The van der Waals surface area contributed by atoms with E-state index in [9.17, 15) is 8.78 Å². The maximum atomic E-state index is 13.1. The van der Waals surface area contributed by atoms with E-state index in [2.05, 4.69) is 10.2 Å². The molecule has 84 valence electrons. The zero-order chi connectivity index (χ0) is 11.7. The fraction of sp³-hybridized carbons (Fsp3) is 0.273. The number of nitrogens with zero attached hydrogens (tertiary/aromatic N) is 3. The first-order valence-electron chi connectivity index (χ1n) is 4.94. The molecule has 0 fully saturated rings. The Kier molecular flexibility index (Phi) is 2.68. The summed E-state index contributed by atoms with van der Waals surface area (Å²) in [5, 5.41) is 7.67. The van der Waals surface area contributed by atoms with E-state index in [1.807, 2.05) is 13.8 Å². The first kappa shape index (κ1) is 10.7. The van der Waals surface area contributed by atoms with Crippen molar-refractivity contribution < 1.29 is 8.78 Å². The van der Waals surface area contributed by atoms with Crippen molar-refractivity contribution in [2.45, 2.75) is 19.9 Å². The minimum atomic E-state index is -0.879. The maximum Gasteiger partial charge on any atom is 0.164 e. The second-order valence-corrected chi connectivity index (χ2v) is 3.78. The van der Waals surface area contributed by atoms with Crippen molar-refractivity contribution in [3.8, 4) is 11.4 Å². The van der Waals surface area contributed by atoms with E-state index in [0.717, 1.165) is 12.1 Å². The summed E-state index contributed by atoms with van der Waals surface area (Å²) < 4.78 is 27.7. The van der Waals surface area contributed by atoms with Gasteiger partial charge >= 0.3 is 0 Å². The SMILES string of the molecule is CC(C)n1cnnc1-c1ccc(F)c(F)c1. The van der Waals surface area contributed by atoms with Crippen molar-refractivity contribution in [3.05, 3.63) is 36.2 Å². The molecule has 0 bridgehead atoms. The summed E-state index contributed by atoms with van der Waals surface area (Å²) in [6.07, 6.45) is 1.57. The van der Waals surface area contributed by atoms with Crippen LogP contribution in [0.4, 0.5) is 8.78 Å². The molecule has 0 atom stereocenters. The first-order valence-corrected chi connectivity index (χ1v) is 4.94. The van der Waals surface area contributed by atoms with Crippen LogP contribution in [0.5, 0.6) is 0 Å². The minimum absolute atomic E-state index is 0.165. The number of benzene rings is 1. The number of rotatable bonds is 2. The van der Waals surface area contributed by atoms with E-state index < -0.39 is 11.6 Å². The van der Waals surface area contributed by atoms with Crippen molar-refractivity contribution in [2.24, 2.45) is 0 Å². The second kappa shape index (κ2) is 4.00. The zero-order valence-electron chi connectivity index (χ0n) is 8.98. The third-order valence-corrected chi connectivity index (χ3v) is 2.31. The predicted molar refractivity (Wildman–Crippen MR) is 55.8 cm³/mol. The lowest BCUT2D eigenvalue weighted by atomic mass is 10.2. The van der Waals surface area contributed by atoms with E-state index in [4.69, 9.17) is 0 Å². The molecule has 0 saturated heterocycles. The summed E-state index contributed by atoms with van der Waals surface area (Å²) in [5.74, 6) is -1.20. The van der Waals surface area contributed by atoms with Gasteiger partial charge in [0.2, 0.25) is 0 Å². The monoisotopic (exact) mass is 223 g/mol. The standard InChI is InChI=1S/C11H11F2N3/c1-7(2)16-6-14-15-11(16)8-3-4-9(12)10(13)5-8/h3-7H,1-2H3. The fourth-order valence-electron chi connectivity index (χ4n) is 1.46. The average Bonchev–Trinajstić information content (AvgIpc) is 2.71. The van der Waals surface area contributed by atoms with Crippen molar-refractivity contribution in [3.63, 3.8) is 0 Å². The van der Waals surface area contributed by atoms with Crippen LogP contribution in [0.15, 0.2) is 24.5 Å². The molecule has 2 aromatic rings. The molecule has 0 unspecified atom stereocenters. The Morgan fingerprint density at radius 3 is 2.56 bits per heavy atom. The van der Waals surface area contributed by atoms with Crippen LogP contribution in [0.25, 0.3) is 11.4 Å². The quantitative estimate of drug-likeness (QED) is 0.783. The molecule has 0 amide bonds.